The standard InChI is InChI=1S/C9H13F3N2O/c1-2-8(15)14-4-3-6(7(13)5-14)9(10,11)12/h2,6-7H,1,3-5,13H2. The molecule has 0 radical (unpaired) electrons. The van der Waals surface area contributed by atoms with Crippen LogP contribution < -0.4 is 5.73 Å². The number of rotatable bonds is 1. The van der Waals surface area contributed by atoms with Crippen LogP contribution in [0, 0.1) is 5.92 Å². The lowest BCUT2D eigenvalue weighted by molar-refractivity contribution is -0.190. The Labute approximate surface area is 85.7 Å². The van der Waals surface area contributed by atoms with Gasteiger partial charge in [0.1, 0.15) is 0 Å². The van der Waals surface area contributed by atoms with Crippen molar-refractivity contribution < 1.29 is 18.0 Å². The Morgan fingerprint density at radius 2 is 2.13 bits per heavy atom. The number of hydrogen-bond acceptors (Lipinski definition) is 2. The first-order valence-corrected chi connectivity index (χ1v) is 4.60. The molecule has 3 nitrogen and oxygen atoms in total. The Bertz CT molecular complexity index is 265. The van der Waals surface area contributed by atoms with Crippen molar-refractivity contribution in [3.05, 3.63) is 12.7 Å². The highest BCUT2D eigenvalue weighted by atomic mass is 19.4. The molecule has 1 heterocycles. The maximum absolute atomic E-state index is 12.4. The zero-order valence-corrected chi connectivity index (χ0v) is 8.13. The molecule has 1 rings (SSSR count). The molecule has 1 aliphatic rings. The SMILES string of the molecule is C=CC(=O)N1CCC(C(F)(F)F)C(N)C1. The molecule has 15 heavy (non-hydrogen) atoms. The number of piperidine rings is 1. The summed E-state index contributed by atoms with van der Waals surface area (Å²) in [4.78, 5) is 12.4. The lowest BCUT2D eigenvalue weighted by Gasteiger charge is -2.36. The fourth-order valence-corrected chi connectivity index (χ4v) is 1.72. The van der Waals surface area contributed by atoms with Gasteiger partial charge in [0.15, 0.2) is 0 Å². The number of hydrogen-bond donors (Lipinski definition) is 1. The average molecular weight is 222 g/mol. The van der Waals surface area contributed by atoms with Gasteiger partial charge in [-0.15, -0.1) is 0 Å². The molecule has 1 saturated heterocycles. The number of nitrogens with two attached hydrogens (primary N) is 1. The molecule has 0 aromatic carbocycles. The van der Waals surface area contributed by atoms with Crippen molar-refractivity contribution in [1.82, 2.24) is 4.90 Å². The molecule has 2 N–H and O–H groups in total. The molecule has 0 spiro atoms. The second-order valence-corrected chi connectivity index (χ2v) is 3.59. The molecule has 1 amide bonds. The maximum Gasteiger partial charge on any atom is 0.393 e. The summed E-state index contributed by atoms with van der Waals surface area (Å²) < 4.78 is 37.2. The quantitative estimate of drug-likeness (QED) is 0.670. The molecule has 6 heteroatoms. The molecule has 2 atom stereocenters. The van der Waals surface area contributed by atoms with Crippen molar-refractivity contribution >= 4 is 5.91 Å². The Kier molecular flexibility index (Phi) is 3.38. The van der Waals surface area contributed by atoms with Gasteiger partial charge in [-0.05, 0) is 12.5 Å². The summed E-state index contributed by atoms with van der Waals surface area (Å²) in [6.07, 6.45) is -3.33. The largest absolute Gasteiger partial charge is 0.393 e. The molecular weight excluding hydrogens is 209 g/mol. The summed E-state index contributed by atoms with van der Waals surface area (Å²) in [5.41, 5.74) is 5.40. The number of carbonyl (C=O) groups excluding carboxylic acids is 1. The first kappa shape index (κ1) is 12.0. The van der Waals surface area contributed by atoms with E-state index in [1.807, 2.05) is 0 Å². The molecule has 0 aromatic rings. The van der Waals surface area contributed by atoms with Gasteiger partial charge in [-0.1, -0.05) is 6.58 Å². The van der Waals surface area contributed by atoms with Crippen LogP contribution in [0.1, 0.15) is 6.42 Å². The number of nitrogens with zero attached hydrogens (tertiary/aromatic N) is 1. The Hall–Kier alpha value is -1.04. The first-order valence-electron chi connectivity index (χ1n) is 4.60. The van der Waals surface area contributed by atoms with Crippen molar-refractivity contribution in [3.63, 3.8) is 0 Å². The van der Waals surface area contributed by atoms with E-state index in [1.54, 1.807) is 0 Å². The molecule has 0 aliphatic carbocycles. The lowest BCUT2D eigenvalue weighted by Crippen LogP contribution is -2.54. The van der Waals surface area contributed by atoms with Crippen LogP contribution in [0.5, 0.6) is 0 Å². The fourth-order valence-electron chi connectivity index (χ4n) is 1.72. The third-order valence-corrected chi connectivity index (χ3v) is 2.56. The van der Waals surface area contributed by atoms with Crippen LogP contribution in [0.3, 0.4) is 0 Å². The number of likely N-dealkylation sites (tertiary alicyclic amines) is 1. The topological polar surface area (TPSA) is 46.3 Å². The number of alkyl halides is 3. The summed E-state index contributed by atoms with van der Waals surface area (Å²) in [7, 11) is 0. The van der Waals surface area contributed by atoms with Crippen molar-refractivity contribution in [2.24, 2.45) is 11.7 Å². The summed E-state index contributed by atoms with van der Waals surface area (Å²) in [6.45, 7) is 3.30. The van der Waals surface area contributed by atoms with Crippen LogP contribution in [-0.4, -0.2) is 36.1 Å². The van der Waals surface area contributed by atoms with Crippen LogP contribution in [0.15, 0.2) is 12.7 Å². The van der Waals surface area contributed by atoms with E-state index < -0.39 is 18.1 Å². The molecule has 0 aromatic heterocycles. The van der Waals surface area contributed by atoms with Crippen molar-refractivity contribution in [3.8, 4) is 0 Å². The molecule has 0 bridgehead atoms. The maximum atomic E-state index is 12.4. The Morgan fingerprint density at radius 3 is 2.53 bits per heavy atom. The molecule has 86 valence electrons. The van der Waals surface area contributed by atoms with E-state index in [4.69, 9.17) is 5.73 Å². The van der Waals surface area contributed by atoms with Crippen molar-refractivity contribution in [2.75, 3.05) is 13.1 Å². The Balaban J connectivity index is 2.63. The zero-order chi connectivity index (χ0) is 11.6. The smallest absolute Gasteiger partial charge is 0.338 e. The van der Waals surface area contributed by atoms with Crippen molar-refractivity contribution in [2.45, 2.75) is 18.6 Å². The number of carbonyl (C=O) groups is 1. The van der Waals surface area contributed by atoms with Gasteiger partial charge in [0.2, 0.25) is 5.91 Å². The fraction of sp³-hybridized carbons (Fsp3) is 0.667. The van der Waals surface area contributed by atoms with Crippen LogP contribution >= 0.6 is 0 Å². The van der Waals surface area contributed by atoms with Gasteiger partial charge >= 0.3 is 6.18 Å². The minimum atomic E-state index is -4.28. The minimum Gasteiger partial charge on any atom is -0.338 e. The van der Waals surface area contributed by atoms with Crippen LogP contribution in [0.4, 0.5) is 13.2 Å². The van der Waals surface area contributed by atoms with Crippen LogP contribution in [-0.2, 0) is 4.79 Å². The lowest BCUT2D eigenvalue weighted by atomic mass is 9.91. The second-order valence-electron chi connectivity index (χ2n) is 3.59. The van der Waals surface area contributed by atoms with E-state index >= 15 is 0 Å². The molecule has 0 saturated carbocycles. The molecule has 1 fully saturated rings. The zero-order valence-electron chi connectivity index (χ0n) is 8.13. The summed E-state index contributed by atoms with van der Waals surface area (Å²) >= 11 is 0. The van der Waals surface area contributed by atoms with Gasteiger partial charge in [0.25, 0.3) is 0 Å². The van der Waals surface area contributed by atoms with Crippen LogP contribution in [0.25, 0.3) is 0 Å². The van der Waals surface area contributed by atoms with E-state index in [1.165, 1.54) is 4.90 Å². The monoisotopic (exact) mass is 222 g/mol. The van der Waals surface area contributed by atoms with Crippen LogP contribution in [0.2, 0.25) is 0 Å². The number of halogens is 3. The predicted octanol–water partition coefficient (Wildman–Crippen LogP) is 0.911. The van der Waals surface area contributed by atoms with Gasteiger partial charge in [0.05, 0.1) is 5.92 Å². The Morgan fingerprint density at radius 1 is 1.53 bits per heavy atom. The summed E-state index contributed by atoms with van der Waals surface area (Å²) in [5, 5.41) is 0. The van der Waals surface area contributed by atoms with Gasteiger partial charge in [-0.2, -0.15) is 13.2 Å². The molecule has 2 unspecified atom stereocenters. The highest BCUT2D eigenvalue weighted by Gasteiger charge is 2.46. The third kappa shape index (κ3) is 2.71. The van der Waals surface area contributed by atoms with Gasteiger partial charge in [0, 0.05) is 19.1 Å². The van der Waals surface area contributed by atoms with E-state index in [0.29, 0.717) is 0 Å². The summed E-state index contributed by atoms with van der Waals surface area (Å²) in [6, 6.07) is -1.04. The minimum absolute atomic E-state index is 0.0605. The summed E-state index contributed by atoms with van der Waals surface area (Å²) in [5.74, 6) is -1.88. The van der Waals surface area contributed by atoms with Gasteiger partial charge in [-0.25, -0.2) is 0 Å². The highest BCUT2D eigenvalue weighted by Crippen LogP contribution is 2.33. The van der Waals surface area contributed by atoms with Gasteiger partial charge < -0.3 is 10.6 Å². The van der Waals surface area contributed by atoms with E-state index in [-0.39, 0.29) is 25.4 Å². The van der Waals surface area contributed by atoms with E-state index in [0.717, 1.165) is 6.08 Å². The van der Waals surface area contributed by atoms with E-state index in [9.17, 15) is 18.0 Å². The average Bonchev–Trinajstić information content (AvgIpc) is 2.14. The normalized spacial score (nSPS) is 27.6. The predicted molar refractivity (Wildman–Crippen MR) is 48.9 cm³/mol. The van der Waals surface area contributed by atoms with Gasteiger partial charge in [-0.3, -0.25) is 4.79 Å². The first-order chi connectivity index (χ1) is 6.86. The van der Waals surface area contributed by atoms with Crippen molar-refractivity contribution in [1.29, 1.82) is 0 Å². The molecular formula is C9H13F3N2O. The second kappa shape index (κ2) is 4.22. The molecule has 1 aliphatic heterocycles. The highest BCUT2D eigenvalue weighted by molar-refractivity contribution is 5.87. The third-order valence-electron chi connectivity index (χ3n) is 2.56. The number of amides is 1. The van der Waals surface area contributed by atoms with E-state index in [2.05, 4.69) is 6.58 Å².